The summed E-state index contributed by atoms with van der Waals surface area (Å²) < 4.78 is 1.10. The Hall–Kier alpha value is 1.10. The molecule has 0 aliphatic carbocycles. The molecule has 46 valence electrons. The van der Waals surface area contributed by atoms with Gasteiger partial charge in [-0.25, -0.2) is 0 Å². The summed E-state index contributed by atoms with van der Waals surface area (Å²) in [5.41, 5.74) is 0. The van der Waals surface area contributed by atoms with Crippen molar-refractivity contribution >= 4 is 60.2 Å². The van der Waals surface area contributed by atoms with Gasteiger partial charge < -0.3 is 0 Å². The Kier molecular flexibility index (Phi) is 5.61. The normalized spacial score (nSPS) is 11.6. The van der Waals surface area contributed by atoms with E-state index >= 15 is 0 Å². The highest BCUT2D eigenvalue weighted by Gasteiger charge is 2.00. The van der Waals surface area contributed by atoms with Gasteiger partial charge in [-0.1, -0.05) is 38.5 Å². The maximum atomic E-state index is 10.6. The van der Waals surface area contributed by atoms with Crippen molar-refractivity contribution in [2.75, 3.05) is 4.43 Å². The number of carbonyl (C=O) groups is 1. The van der Waals surface area contributed by atoms with Gasteiger partial charge in [-0.3, -0.25) is 4.79 Å². The van der Waals surface area contributed by atoms with Gasteiger partial charge in [0.15, 0.2) is 5.78 Å². The number of rotatable bonds is 2. The van der Waals surface area contributed by atoms with E-state index in [1.165, 1.54) is 0 Å². The molecule has 8 heavy (non-hydrogen) atoms. The minimum absolute atomic E-state index is 0.0995. The number of Topliss-reactive ketones (excluding diaryl/α,β-unsaturated/α-hetero) is 1. The third-order valence-corrected chi connectivity index (χ3v) is 2.92. The zero-order valence-electron chi connectivity index (χ0n) is 3.83. The predicted octanol–water partition coefficient (Wildman–Crippen LogP) is 2.62. The summed E-state index contributed by atoms with van der Waals surface area (Å²) in [5, 5.41) is 0. The standard InChI is InChI=1S/C4H3Br2IO/c5-1-3(6)4(8)2-7/h1H,2H2. The third-order valence-electron chi connectivity index (χ3n) is 0.484. The van der Waals surface area contributed by atoms with E-state index in [1.807, 2.05) is 22.6 Å². The molecule has 0 saturated heterocycles. The molecule has 0 N–H and O–H groups in total. The van der Waals surface area contributed by atoms with Crippen LogP contribution in [0, 0.1) is 0 Å². The molecule has 0 aromatic rings. The van der Waals surface area contributed by atoms with Crippen LogP contribution in [-0.4, -0.2) is 10.2 Å². The van der Waals surface area contributed by atoms with E-state index in [9.17, 15) is 4.79 Å². The van der Waals surface area contributed by atoms with E-state index in [2.05, 4.69) is 31.9 Å². The fraction of sp³-hybridized carbons (Fsp3) is 0.250. The number of allylic oxidation sites excluding steroid dienone is 1. The maximum Gasteiger partial charge on any atom is 0.180 e. The summed E-state index contributed by atoms with van der Waals surface area (Å²) in [4.78, 5) is 12.2. The first-order valence-corrected chi connectivity index (χ1v) is 5.01. The number of alkyl halides is 1. The van der Waals surface area contributed by atoms with Crippen LogP contribution in [0.25, 0.3) is 0 Å². The summed E-state index contributed by atoms with van der Waals surface area (Å²) in [7, 11) is 0. The van der Waals surface area contributed by atoms with Crippen LogP contribution < -0.4 is 0 Å². The molecular weight excluding hydrogens is 351 g/mol. The van der Waals surface area contributed by atoms with Crippen LogP contribution in [0.2, 0.25) is 0 Å². The fourth-order valence-corrected chi connectivity index (χ4v) is 1.46. The molecule has 0 rings (SSSR count). The number of ketones is 1. The topological polar surface area (TPSA) is 17.1 Å². The number of hydrogen-bond acceptors (Lipinski definition) is 1. The van der Waals surface area contributed by atoms with Crippen molar-refractivity contribution < 1.29 is 4.79 Å². The van der Waals surface area contributed by atoms with E-state index in [1.54, 1.807) is 4.99 Å². The van der Waals surface area contributed by atoms with Crippen LogP contribution in [0.3, 0.4) is 0 Å². The monoisotopic (exact) mass is 352 g/mol. The van der Waals surface area contributed by atoms with E-state index in [4.69, 9.17) is 0 Å². The molecule has 0 aromatic heterocycles. The molecule has 0 heterocycles. The minimum Gasteiger partial charge on any atom is -0.293 e. The highest BCUT2D eigenvalue weighted by atomic mass is 127. The van der Waals surface area contributed by atoms with E-state index in [0.717, 1.165) is 0 Å². The van der Waals surface area contributed by atoms with Gasteiger partial charge in [-0.2, -0.15) is 0 Å². The Morgan fingerprint density at radius 2 is 2.25 bits per heavy atom. The van der Waals surface area contributed by atoms with Gasteiger partial charge >= 0.3 is 0 Å². The lowest BCUT2D eigenvalue weighted by molar-refractivity contribution is -0.112. The zero-order chi connectivity index (χ0) is 6.57. The Labute approximate surface area is 78.3 Å². The maximum absolute atomic E-state index is 10.6. The smallest absolute Gasteiger partial charge is 0.180 e. The van der Waals surface area contributed by atoms with Crippen LogP contribution in [0.1, 0.15) is 0 Å². The molecule has 0 aliphatic heterocycles. The SMILES string of the molecule is O=C(CI)C(Br)=CBr. The summed E-state index contributed by atoms with van der Waals surface area (Å²) in [5.74, 6) is 0.0995. The largest absolute Gasteiger partial charge is 0.293 e. The predicted molar refractivity (Wildman–Crippen MR) is 49.8 cm³/mol. The van der Waals surface area contributed by atoms with Crippen molar-refractivity contribution in [3.63, 3.8) is 0 Å². The van der Waals surface area contributed by atoms with Gasteiger partial charge in [-0.05, 0) is 20.9 Å². The quantitative estimate of drug-likeness (QED) is 0.424. The van der Waals surface area contributed by atoms with E-state index in [-0.39, 0.29) is 5.78 Å². The molecular formula is C4H3Br2IO. The van der Waals surface area contributed by atoms with Crippen molar-refractivity contribution in [3.05, 3.63) is 9.47 Å². The second-order valence-corrected chi connectivity index (χ2v) is 3.09. The summed E-state index contributed by atoms with van der Waals surface area (Å²) in [6, 6.07) is 0. The average Bonchev–Trinajstić information content (AvgIpc) is 1.84. The summed E-state index contributed by atoms with van der Waals surface area (Å²) in [6.45, 7) is 0. The van der Waals surface area contributed by atoms with Crippen molar-refractivity contribution in [2.24, 2.45) is 0 Å². The van der Waals surface area contributed by atoms with Gasteiger partial charge in [0.2, 0.25) is 0 Å². The molecule has 0 bridgehead atoms. The Bertz CT molecular complexity index is 121. The highest BCUT2D eigenvalue weighted by Crippen LogP contribution is 2.09. The Balaban J connectivity index is 3.83. The lowest BCUT2D eigenvalue weighted by Crippen LogP contribution is -1.95. The third kappa shape index (κ3) is 3.19. The molecule has 0 radical (unpaired) electrons. The Morgan fingerprint density at radius 1 is 1.75 bits per heavy atom. The van der Waals surface area contributed by atoms with Gasteiger partial charge in [-0.15, -0.1) is 0 Å². The second kappa shape index (κ2) is 4.93. The van der Waals surface area contributed by atoms with Gasteiger partial charge in [0.05, 0.1) is 8.91 Å². The molecule has 0 atom stereocenters. The Morgan fingerprint density at radius 3 is 2.38 bits per heavy atom. The molecule has 0 aromatic carbocycles. The molecule has 1 nitrogen and oxygen atoms in total. The summed E-state index contributed by atoms with van der Waals surface area (Å²) in [6.07, 6.45) is 0. The minimum atomic E-state index is 0.0995. The zero-order valence-corrected chi connectivity index (χ0v) is 9.16. The van der Waals surface area contributed by atoms with Crippen LogP contribution in [0.5, 0.6) is 0 Å². The molecule has 0 unspecified atom stereocenters. The molecule has 0 aliphatic rings. The number of hydrogen-bond donors (Lipinski definition) is 0. The highest BCUT2D eigenvalue weighted by molar-refractivity contribution is 14.1. The molecule has 4 heteroatoms. The average molecular weight is 354 g/mol. The first-order chi connectivity index (χ1) is 3.72. The first-order valence-electron chi connectivity index (χ1n) is 1.77. The van der Waals surface area contributed by atoms with Crippen molar-refractivity contribution in [1.29, 1.82) is 0 Å². The molecule has 0 amide bonds. The van der Waals surface area contributed by atoms with E-state index in [0.29, 0.717) is 8.91 Å². The van der Waals surface area contributed by atoms with Crippen LogP contribution >= 0.6 is 54.5 Å². The van der Waals surface area contributed by atoms with E-state index < -0.39 is 0 Å². The fourth-order valence-electron chi connectivity index (χ4n) is 0.125. The lowest BCUT2D eigenvalue weighted by Gasteiger charge is -1.86. The van der Waals surface area contributed by atoms with Crippen LogP contribution in [-0.2, 0) is 4.79 Å². The molecule has 0 spiro atoms. The molecule has 0 fully saturated rings. The van der Waals surface area contributed by atoms with Crippen LogP contribution in [0.15, 0.2) is 9.47 Å². The first kappa shape index (κ1) is 9.10. The lowest BCUT2D eigenvalue weighted by atomic mass is 10.5. The number of halogens is 3. The van der Waals surface area contributed by atoms with Crippen molar-refractivity contribution in [3.8, 4) is 0 Å². The van der Waals surface area contributed by atoms with Gasteiger partial charge in [0.25, 0.3) is 0 Å². The van der Waals surface area contributed by atoms with Crippen molar-refractivity contribution in [2.45, 2.75) is 0 Å². The summed E-state index contributed by atoms with van der Waals surface area (Å²) >= 11 is 8.10. The van der Waals surface area contributed by atoms with Crippen molar-refractivity contribution in [1.82, 2.24) is 0 Å². The number of carbonyl (C=O) groups excluding carboxylic acids is 1. The van der Waals surface area contributed by atoms with Crippen LogP contribution in [0.4, 0.5) is 0 Å². The van der Waals surface area contributed by atoms with Gasteiger partial charge in [0, 0.05) is 0 Å². The second-order valence-electron chi connectivity index (χ2n) is 1.01. The molecule has 0 saturated carbocycles. The van der Waals surface area contributed by atoms with Gasteiger partial charge in [0.1, 0.15) is 0 Å².